The number of anilines is 2. The van der Waals surface area contributed by atoms with Crippen molar-refractivity contribution >= 4 is 89.9 Å². The number of nitrogens with zero attached hydrogens (tertiary/aromatic N) is 2. The number of aromatic nitrogens is 2. The molecule has 1 amide bonds. The molecule has 0 saturated heterocycles. The van der Waals surface area contributed by atoms with E-state index < -0.39 is 21.8 Å². The number of halogens is 3. The van der Waals surface area contributed by atoms with Gasteiger partial charge in [0.25, 0.3) is 18.0 Å². The molecule has 2 atom stereocenters. The van der Waals surface area contributed by atoms with Crippen LogP contribution in [0.15, 0.2) is 33.5 Å². The summed E-state index contributed by atoms with van der Waals surface area (Å²) >= 11 is 9.55. The maximum atomic E-state index is 11.9. The molecule has 246 valence electrons. The Morgan fingerprint density at radius 3 is 2.02 bits per heavy atom. The van der Waals surface area contributed by atoms with Crippen molar-refractivity contribution in [1.82, 2.24) is 9.97 Å². The largest absolute Gasteiger partial charge is 1.00 e. The van der Waals surface area contributed by atoms with E-state index in [0.717, 1.165) is 6.42 Å². The second kappa shape index (κ2) is 28.5. The van der Waals surface area contributed by atoms with Gasteiger partial charge in [0.2, 0.25) is 0 Å². The number of nitrogen functional groups attached to an aromatic ring is 1. The van der Waals surface area contributed by atoms with Crippen molar-refractivity contribution < 1.29 is 162 Å². The SMILES string of the molecule is CCOC(=O)C(C)(Br)CC.CCOC(=O)C1(C)Oc2ccc(Br)nc2NC1=O.Nc1nc(Br)ccc1O.O=C=O.O=CO[O-].[H-].[K+].[K+]. The van der Waals surface area contributed by atoms with E-state index in [-0.39, 0.29) is 147 Å². The zero-order chi connectivity index (χ0) is 34.5. The number of hydrogen-bond donors (Lipinski definition) is 3. The van der Waals surface area contributed by atoms with Crippen LogP contribution in [0.25, 0.3) is 0 Å². The number of ether oxygens (including phenoxy) is 3. The van der Waals surface area contributed by atoms with Gasteiger partial charge in [0.15, 0.2) is 23.1 Å². The predicted octanol–water partition coefficient (Wildman–Crippen LogP) is -3.29. The normalized spacial score (nSPS) is 14.4. The fraction of sp³-hybridized carbons (Fsp3) is 0.400. The number of esters is 2. The first-order valence-corrected chi connectivity index (χ1v) is 14.5. The zero-order valence-electron chi connectivity index (χ0n) is 27.1. The number of amides is 1. The van der Waals surface area contributed by atoms with E-state index in [2.05, 4.69) is 68.0 Å². The molecule has 0 fully saturated rings. The van der Waals surface area contributed by atoms with Gasteiger partial charge < -0.3 is 41.9 Å². The van der Waals surface area contributed by atoms with Crippen LogP contribution in [0.4, 0.5) is 11.6 Å². The van der Waals surface area contributed by atoms with E-state index in [1.165, 1.54) is 13.0 Å². The minimum Gasteiger partial charge on any atom is -1.00 e. The molecule has 1 aliphatic heterocycles. The molecule has 2 unspecified atom stereocenters. The van der Waals surface area contributed by atoms with Crippen LogP contribution >= 0.6 is 47.8 Å². The van der Waals surface area contributed by atoms with Crippen LogP contribution < -0.4 is 124 Å². The summed E-state index contributed by atoms with van der Waals surface area (Å²) in [7, 11) is 0. The van der Waals surface area contributed by atoms with Gasteiger partial charge in [-0.25, -0.2) is 14.8 Å². The van der Waals surface area contributed by atoms with Gasteiger partial charge in [0, 0.05) is 0 Å². The minimum atomic E-state index is -1.68. The van der Waals surface area contributed by atoms with Gasteiger partial charge in [0.05, 0.1) is 13.2 Å². The Hall–Kier alpha value is -0.367. The van der Waals surface area contributed by atoms with Crippen LogP contribution in [-0.4, -0.2) is 68.7 Å². The molecule has 4 N–H and O–H groups in total. The van der Waals surface area contributed by atoms with Gasteiger partial charge in [-0.15, -0.1) is 0 Å². The number of rotatable bonds is 6. The second-order valence-corrected chi connectivity index (χ2v) is 11.3. The topological polar surface area (TPSA) is 246 Å². The molecule has 3 rings (SSSR count). The summed E-state index contributed by atoms with van der Waals surface area (Å²) < 4.78 is 15.8. The molecular weight excluding hydrogens is 866 g/mol. The maximum absolute atomic E-state index is 11.9. The fourth-order valence-corrected chi connectivity index (χ4v) is 3.11. The molecule has 2 aromatic rings. The van der Waals surface area contributed by atoms with Crippen LogP contribution in [0, 0.1) is 0 Å². The molecule has 46 heavy (non-hydrogen) atoms. The summed E-state index contributed by atoms with van der Waals surface area (Å²) in [5.41, 5.74) is 3.55. The third-order valence-electron chi connectivity index (χ3n) is 4.74. The van der Waals surface area contributed by atoms with Gasteiger partial charge in [-0.05, 0) is 90.2 Å². The Kier molecular flexibility index (Phi) is 32.5. The predicted molar refractivity (Wildman–Crippen MR) is 162 cm³/mol. The summed E-state index contributed by atoms with van der Waals surface area (Å²) in [6, 6.07) is 6.36. The second-order valence-electron chi connectivity index (χ2n) is 7.88. The first-order valence-electron chi connectivity index (χ1n) is 12.1. The molecular formula is C25H31Br3K2N4O12. The summed E-state index contributed by atoms with van der Waals surface area (Å²) in [6.45, 7) is 9.02. The third-order valence-corrected chi connectivity index (χ3v) is 6.51. The number of pyridine rings is 2. The summed E-state index contributed by atoms with van der Waals surface area (Å²) in [5.74, 6) is -0.750. The maximum Gasteiger partial charge on any atom is 1.00 e. The average Bonchev–Trinajstić information content (AvgIpc) is 2.97. The minimum absolute atomic E-state index is 0. The van der Waals surface area contributed by atoms with Gasteiger partial charge in [-0.3, -0.25) is 14.4 Å². The van der Waals surface area contributed by atoms with Crippen molar-refractivity contribution in [3.05, 3.63) is 33.5 Å². The molecule has 0 saturated carbocycles. The van der Waals surface area contributed by atoms with Crippen molar-refractivity contribution in [2.45, 2.75) is 51.0 Å². The van der Waals surface area contributed by atoms with Gasteiger partial charge in [-0.1, -0.05) is 22.9 Å². The molecule has 0 radical (unpaired) electrons. The molecule has 3 heterocycles. The molecule has 0 aromatic carbocycles. The van der Waals surface area contributed by atoms with Crippen LogP contribution in [0.2, 0.25) is 0 Å². The standard InChI is InChI=1S/C11H11BrN2O4.C7H13BrO2.C5H5BrN2O.CH2O3.CO2.2K.H/c1-3-17-10(16)11(2)9(15)14-8-6(18-11)4-5-7(12)13-8;1-4-7(3,8)6(9)10-5-2;6-4-2-1-3(9)5(7)8-4;2-1-4-3;2-1-3;;;/h4-5H,3H2,1-2H3,(H,13,14,15);4-5H2,1-3H3;1-2,9H,(H2,7,8);1,3H;;;;/q;;;;;2*+1;-1/p-1. The molecule has 21 heteroatoms. The van der Waals surface area contributed by atoms with Crippen LogP contribution in [0.3, 0.4) is 0 Å². The van der Waals surface area contributed by atoms with Crippen molar-refractivity contribution in [3.63, 3.8) is 0 Å². The Labute approximate surface area is 376 Å². The quantitative estimate of drug-likeness (QED) is 0.0376. The first kappa shape index (κ1) is 52.4. The van der Waals surface area contributed by atoms with E-state index in [0.29, 0.717) is 21.6 Å². The number of carbonyl (C=O) groups excluding carboxylic acids is 6. The Bertz CT molecular complexity index is 1300. The summed E-state index contributed by atoms with van der Waals surface area (Å²) in [6.07, 6.45) is 0.992. The van der Waals surface area contributed by atoms with Crippen molar-refractivity contribution in [2.24, 2.45) is 0 Å². The monoisotopic (exact) mass is 894 g/mol. The average molecular weight is 897 g/mol. The Morgan fingerprint density at radius 2 is 1.61 bits per heavy atom. The molecule has 0 spiro atoms. The molecule has 0 aliphatic carbocycles. The van der Waals surface area contributed by atoms with E-state index in [9.17, 15) is 14.4 Å². The Morgan fingerprint density at radius 1 is 1.13 bits per heavy atom. The molecule has 16 nitrogen and oxygen atoms in total. The van der Waals surface area contributed by atoms with Crippen molar-refractivity contribution in [3.8, 4) is 11.5 Å². The number of fused-ring (bicyclic) bond motifs is 1. The first-order chi connectivity index (χ1) is 20.5. The van der Waals surface area contributed by atoms with Crippen LogP contribution in [0.1, 0.15) is 42.5 Å². The smallest absolute Gasteiger partial charge is 1.00 e. The van der Waals surface area contributed by atoms with Gasteiger partial charge in [0.1, 0.15) is 13.5 Å². The summed E-state index contributed by atoms with van der Waals surface area (Å²) in [5, 5.41) is 19.8. The number of hydrogen-bond acceptors (Lipinski definition) is 15. The number of carbonyl (C=O) groups is 4. The molecule has 0 bridgehead atoms. The summed E-state index contributed by atoms with van der Waals surface area (Å²) in [4.78, 5) is 70.0. The van der Waals surface area contributed by atoms with Crippen molar-refractivity contribution in [2.75, 3.05) is 24.3 Å². The van der Waals surface area contributed by atoms with E-state index in [1.54, 1.807) is 32.0 Å². The molecule has 1 aliphatic rings. The van der Waals surface area contributed by atoms with E-state index in [4.69, 9.17) is 44.7 Å². The van der Waals surface area contributed by atoms with Crippen molar-refractivity contribution in [1.29, 1.82) is 0 Å². The van der Waals surface area contributed by atoms with E-state index in [1.807, 2.05) is 13.8 Å². The number of nitrogens with two attached hydrogens (primary N) is 1. The van der Waals surface area contributed by atoms with E-state index >= 15 is 0 Å². The zero-order valence-corrected chi connectivity index (χ0v) is 37.1. The Balaban J connectivity index is -0.000000175. The third kappa shape index (κ3) is 20.2. The van der Waals surface area contributed by atoms with Gasteiger partial charge >= 0.3 is 121 Å². The fourth-order valence-electron chi connectivity index (χ4n) is 2.36. The van der Waals surface area contributed by atoms with Gasteiger partial charge in [-0.2, -0.15) is 9.59 Å². The molecule has 2 aromatic heterocycles. The number of aromatic hydroxyl groups is 1. The number of alkyl halides is 1. The number of nitrogens with one attached hydrogen (secondary N) is 1. The van der Waals surface area contributed by atoms with Crippen LogP contribution in [-0.2, 0) is 43.1 Å². The van der Waals surface area contributed by atoms with Crippen LogP contribution in [0.5, 0.6) is 11.5 Å².